The summed E-state index contributed by atoms with van der Waals surface area (Å²) in [4.78, 5) is 22.3. The number of hydrogen-bond acceptors (Lipinski definition) is 5. The molecule has 0 N–H and O–H groups in total. The Hall–Kier alpha value is -3.22. The van der Waals surface area contributed by atoms with Crippen molar-refractivity contribution in [2.75, 3.05) is 37.6 Å². The maximum Gasteiger partial charge on any atom is 0.244 e. The smallest absolute Gasteiger partial charge is 0.244 e. The van der Waals surface area contributed by atoms with Crippen LogP contribution >= 0.6 is 0 Å². The first-order valence-electron chi connectivity index (χ1n) is 14.2. The van der Waals surface area contributed by atoms with Crippen molar-refractivity contribution in [2.45, 2.75) is 52.9 Å². The fraction of sp³-hybridized carbons (Fsp3) is 0.516. The van der Waals surface area contributed by atoms with Crippen molar-refractivity contribution < 1.29 is 9.18 Å². The van der Waals surface area contributed by atoms with Gasteiger partial charge >= 0.3 is 0 Å². The van der Waals surface area contributed by atoms with Crippen LogP contribution in [0.15, 0.2) is 59.5 Å². The summed E-state index contributed by atoms with van der Waals surface area (Å²) in [7, 11) is 0. The number of pyridine rings is 1. The summed E-state index contributed by atoms with van der Waals surface area (Å²) in [5.74, 6) is 2.11. The zero-order chi connectivity index (χ0) is 26.6. The van der Waals surface area contributed by atoms with Crippen LogP contribution in [0.5, 0.6) is 0 Å². The topological polar surface area (TPSA) is 52.0 Å². The van der Waals surface area contributed by atoms with Crippen LogP contribution in [0.4, 0.5) is 10.2 Å². The first-order chi connectivity index (χ1) is 18.4. The molecule has 1 saturated carbocycles. The number of hydrazone groups is 1. The Labute approximate surface area is 226 Å². The SMILES string of the molecule is CCC1C=C(C2CCCC(C)C2)N(CC(=O)N2CCN(c3ccccn3)CC2)N=C1c1ccc(F)c(C)c1. The van der Waals surface area contributed by atoms with Crippen molar-refractivity contribution in [3.8, 4) is 0 Å². The van der Waals surface area contributed by atoms with Crippen molar-refractivity contribution in [3.05, 3.63) is 71.3 Å². The highest BCUT2D eigenvalue weighted by Gasteiger charge is 2.33. The first-order valence-corrected chi connectivity index (χ1v) is 14.2. The molecular formula is C31H40FN5O. The number of carbonyl (C=O) groups excluding carboxylic acids is 1. The van der Waals surface area contributed by atoms with Gasteiger partial charge in [-0.05, 0) is 67.5 Å². The van der Waals surface area contributed by atoms with Crippen molar-refractivity contribution in [2.24, 2.45) is 22.9 Å². The fourth-order valence-corrected chi connectivity index (χ4v) is 6.15. The van der Waals surface area contributed by atoms with E-state index in [2.05, 4.69) is 29.8 Å². The van der Waals surface area contributed by atoms with E-state index < -0.39 is 0 Å². The minimum atomic E-state index is -0.206. The van der Waals surface area contributed by atoms with Crippen molar-refractivity contribution in [1.29, 1.82) is 0 Å². The average Bonchev–Trinajstić information content (AvgIpc) is 2.95. The molecule has 1 aromatic carbocycles. The third-order valence-corrected chi connectivity index (χ3v) is 8.39. The van der Waals surface area contributed by atoms with Gasteiger partial charge in [-0.1, -0.05) is 44.9 Å². The molecule has 2 fully saturated rings. The monoisotopic (exact) mass is 517 g/mol. The highest BCUT2D eigenvalue weighted by Crippen LogP contribution is 2.38. The van der Waals surface area contributed by atoms with Crippen LogP contribution < -0.4 is 4.90 Å². The molecule has 202 valence electrons. The molecular weight excluding hydrogens is 477 g/mol. The van der Waals surface area contributed by atoms with E-state index in [4.69, 9.17) is 5.10 Å². The van der Waals surface area contributed by atoms with Gasteiger partial charge < -0.3 is 9.80 Å². The molecule has 1 aromatic heterocycles. The molecule has 3 heterocycles. The number of anilines is 1. The van der Waals surface area contributed by atoms with Crippen LogP contribution in [0, 0.1) is 30.5 Å². The van der Waals surface area contributed by atoms with Crippen LogP contribution in [0.1, 0.15) is 57.1 Å². The Balaban J connectivity index is 1.37. The van der Waals surface area contributed by atoms with Crippen LogP contribution in [0.3, 0.4) is 0 Å². The van der Waals surface area contributed by atoms with Gasteiger partial charge in [0.1, 0.15) is 18.2 Å². The number of hydrogen-bond donors (Lipinski definition) is 0. The Morgan fingerprint density at radius 2 is 1.92 bits per heavy atom. The van der Waals surface area contributed by atoms with Crippen LogP contribution in [-0.4, -0.2) is 59.2 Å². The quantitative estimate of drug-likeness (QED) is 0.498. The lowest BCUT2D eigenvalue weighted by atomic mass is 9.78. The highest BCUT2D eigenvalue weighted by atomic mass is 19.1. The molecule has 3 unspecified atom stereocenters. The van der Waals surface area contributed by atoms with Gasteiger partial charge in [-0.15, -0.1) is 0 Å². The molecule has 38 heavy (non-hydrogen) atoms. The molecule has 0 radical (unpaired) electrons. The predicted octanol–water partition coefficient (Wildman–Crippen LogP) is 5.63. The molecule has 3 atom stereocenters. The van der Waals surface area contributed by atoms with Gasteiger partial charge in [0, 0.05) is 49.9 Å². The summed E-state index contributed by atoms with van der Waals surface area (Å²) in [6.07, 6.45) is 9.84. The maximum absolute atomic E-state index is 14.1. The van der Waals surface area contributed by atoms with Gasteiger partial charge in [-0.2, -0.15) is 5.10 Å². The van der Waals surface area contributed by atoms with Crippen LogP contribution in [0.2, 0.25) is 0 Å². The number of carbonyl (C=O) groups is 1. The molecule has 3 aliphatic rings. The number of rotatable bonds is 6. The second kappa shape index (κ2) is 11.7. The van der Waals surface area contributed by atoms with E-state index in [9.17, 15) is 9.18 Å². The Morgan fingerprint density at radius 1 is 1.11 bits per heavy atom. The maximum atomic E-state index is 14.1. The number of amides is 1. The van der Waals surface area contributed by atoms with Crippen molar-refractivity contribution >= 4 is 17.4 Å². The number of aryl methyl sites for hydroxylation is 1. The van der Waals surface area contributed by atoms with E-state index in [-0.39, 0.29) is 24.2 Å². The summed E-state index contributed by atoms with van der Waals surface area (Å²) >= 11 is 0. The van der Waals surface area contributed by atoms with E-state index >= 15 is 0 Å². The molecule has 1 amide bonds. The fourth-order valence-electron chi connectivity index (χ4n) is 6.15. The van der Waals surface area contributed by atoms with Crippen molar-refractivity contribution in [3.63, 3.8) is 0 Å². The minimum Gasteiger partial charge on any atom is -0.353 e. The lowest BCUT2D eigenvalue weighted by molar-refractivity contribution is -0.132. The standard InChI is InChI=1S/C31H40FN5O/c1-4-24-20-28(25-9-7-8-22(2)18-25)37(34-31(24)26-11-12-27(32)23(3)19-26)21-30(38)36-16-14-35(15-17-36)29-10-5-6-13-33-29/h5-6,10-13,19-20,22,24-25H,4,7-9,14-18,21H2,1-3H3. The predicted molar refractivity (Wildman–Crippen MR) is 150 cm³/mol. The van der Waals surface area contributed by atoms with E-state index in [0.29, 0.717) is 30.5 Å². The number of nitrogens with zero attached hydrogens (tertiary/aromatic N) is 5. The number of halogens is 1. The van der Waals surface area contributed by atoms with Gasteiger partial charge in [0.2, 0.25) is 5.91 Å². The van der Waals surface area contributed by atoms with Gasteiger partial charge in [-0.25, -0.2) is 9.37 Å². The molecule has 7 heteroatoms. The minimum absolute atomic E-state index is 0.105. The van der Waals surface area contributed by atoms with E-state index in [1.54, 1.807) is 6.92 Å². The summed E-state index contributed by atoms with van der Waals surface area (Å²) in [6.45, 7) is 9.43. The van der Waals surface area contributed by atoms with E-state index in [1.165, 1.54) is 24.6 Å². The first kappa shape index (κ1) is 26.4. The summed E-state index contributed by atoms with van der Waals surface area (Å²) in [5.41, 5.74) is 3.68. The Morgan fingerprint density at radius 3 is 2.61 bits per heavy atom. The molecule has 2 aromatic rings. The van der Waals surface area contributed by atoms with E-state index in [0.717, 1.165) is 49.4 Å². The second-order valence-corrected chi connectivity index (χ2v) is 11.1. The van der Waals surface area contributed by atoms with Crippen LogP contribution in [-0.2, 0) is 4.79 Å². The van der Waals surface area contributed by atoms with Gasteiger partial charge in [-0.3, -0.25) is 9.80 Å². The number of allylic oxidation sites excluding steroid dienone is 2. The molecule has 0 bridgehead atoms. The normalized spacial score (nSPS) is 24.2. The number of benzene rings is 1. The summed E-state index contributed by atoms with van der Waals surface area (Å²) < 4.78 is 14.1. The lowest BCUT2D eigenvalue weighted by Crippen LogP contribution is -2.51. The highest BCUT2D eigenvalue weighted by molar-refractivity contribution is 6.04. The molecule has 2 aliphatic heterocycles. The van der Waals surface area contributed by atoms with Crippen LogP contribution in [0.25, 0.3) is 0 Å². The van der Waals surface area contributed by atoms with Gasteiger partial charge in [0.25, 0.3) is 0 Å². The zero-order valence-corrected chi connectivity index (χ0v) is 22.9. The van der Waals surface area contributed by atoms with Gasteiger partial charge in [0.15, 0.2) is 0 Å². The molecule has 5 rings (SSSR count). The largest absolute Gasteiger partial charge is 0.353 e. The molecule has 6 nitrogen and oxygen atoms in total. The average molecular weight is 518 g/mol. The van der Waals surface area contributed by atoms with Crippen molar-refractivity contribution in [1.82, 2.24) is 14.9 Å². The van der Waals surface area contributed by atoms with Gasteiger partial charge in [0.05, 0.1) is 5.71 Å². The Kier molecular flexibility index (Phi) is 8.10. The zero-order valence-electron chi connectivity index (χ0n) is 22.9. The summed E-state index contributed by atoms with van der Waals surface area (Å²) in [6, 6.07) is 11.2. The Bertz CT molecular complexity index is 1190. The third-order valence-electron chi connectivity index (χ3n) is 8.39. The van der Waals surface area contributed by atoms with E-state index in [1.807, 2.05) is 46.4 Å². The molecule has 1 saturated heterocycles. The summed E-state index contributed by atoms with van der Waals surface area (Å²) in [5, 5.41) is 7.13. The molecule has 0 spiro atoms. The number of aromatic nitrogens is 1. The second-order valence-electron chi connectivity index (χ2n) is 11.1. The lowest BCUT2D eigenvalue weighted by Gasteiger charge is -2.39. The third kappa shape index (κ3) is 5.77. The molecule has 1 aliphatic carbocycles. The number of piperazine rings is 1.